The largest absolute Gasteiger partial charge is 0.478 e. The minimum atomic E-state index is -0.864. The first-order chi connectivity index (χ1) is 5.75. The number of carboxylic acids is 1. The predicted molar refractivity (Wildman–Crippen MR) is 48.1 cm³/mol. The van der Waals surface area contributed by atoms with Crippen LogP contribution in [-0.4, -0.2) is 11.1 Å². The minimum Gasteiger partial charge on any atom is -0.478 e. The molecule has 0 amide bonds. The van der Waals surface area contributed by atoms with Crippen molar-refractivity contribution < 1.29 is 9.90 Å². The maximum absolute atomic E-state index is 10.7. The summed E-state index contributed by atoms with van der Waals surface area (Å²) in [5, 5.41) is 8.77. The van der Waals surface area contributed by atoms with E-state index in [0.29, 0.717) is 5.57 Å². The molecule has 1 N–H and O–H groups in total. The molecule has 0 unspecified atom stereocenters. The molecule has 1 rings (SSSR count). The van der Waals surface area contributed by atoms with Gasteiger partial charge in [-0.15, -0.1) is 0 Å². The third-order valence-corrected chi connectivity index (χ3v) is 2.64. The average molecular weight is 189 g/mol. The van der Waals surface area contributed by atoms with Crippen LogP contribution in [0.3, 0.4) is 0 Å². The molecular formula is C9H13ClO2. The lowest BCUT2D eigenvalue weighted by Gasteiger charge is -2.21. The molecule has 0 aromatic heterocycles. The highest BCUT2D eigenvalue weighted by Gasteiger charge is 2.21. The first kappa shape index (κ1) is 9.59. The first-order valence-corrected chi connectivity index (χ1v) is 4.73. The van der Waals surface area contributed by atoms with Crippen LogP contribution in [0.2, 0.25) is 0 Å². The van der Waals surface area contributed by atoms with Crippen molar-refractivity contribution in [3.63, 3.8) is 0 Å². The van der Waals surface area contributed by atoms with Crippen molar-refractivity contribution in [2.45, 2.75) is 32.1 Å². The van der Waals surface area contributed by atoms with Gasteiger partial charge in [-0.25, -0.2) is 4.79 Å². The van der Waals surface area contributed by atoms with Gasteiger partial charge >= 0.3 is 5.97 Å². The number of halogens is 1. The normalized spacial score (nSPS) is 20.9. The summed E-state index contributed by atoms with van der Waals surface area (Å²) in [6.07, 6.45) is 5.44. The molecule has 68 valence electrons. The fraction of sp³-hybridized carbons (Fsp3) is 0.667. The molecule has 0 spiro atoms. The zero-order valence-corrected chi connectivity index (χ0v) is 7.68. The quantitative estimate of drug-likeness (QED) is 0.677. The van der Waals surface area contributed by atoms with E-state index in [2.05, 4.69) is 0 Å². The van der Waals surface area contributed by atoms with Crippen LogP contribution in [0, 0.1) is 5.92 Å². The molecule has 0 aromatic rings. The van der Waals surface area contributed by atoms with E-state index in [9.17, 15) is 4.79 Å². The van der Waals surface area contributed by atoms with Gasteiger partial charge in [-0.2, -0.15) is 0 Å². The van der Waals surface area contributed by atoms with Gasteiger partial charge in [0.05, 0.1) is 5.57 Å². The van der Waals surface area contributed by atoms with Crippen molar-refractivity contribution in [3.05, 3.63) is 11.1 Å². The van der Waals surface area contributed by atoms with Gasteiger partial charge in [0.25, 0.3) is 0 Å². The molecule has 3 heteroatoms. The van der Waals surface area contributed by atoms with Crippen molar-refractivity contribution in [2.75, 3.05) is 0 Å². The Balaban J connectivity index is 2.59. The fourth-order valence-corrected chi connectivity index (χ4v) is 2.00. The Morgan fingerprint density at radius 3 is 2.33 bits per heavy atom. The third kappa shape index (κ3) is 2.24. The molecule has 1 aliphatic carbocycles. The number of rotatable bonds is 2. The second kappa shape index (κ2) is 4.51. The van der Waals surface area contributed by atoms with E-state index >= 15 is 0 Å². The lowest BCUT2D eigenvalue weighted by molar-refractivity contribution is -0.133. The van der Waals surface area contributed by atoms with Gasteiger partial charge in [0, 0.05) is 5.54 Å². The van der Waals surface area contributed by atoms with Gasteiger partial charge in [-0.1, -0.05) is 30.9 Å². The van der Waals surface area contributed by atoms with Crippen LogP contribution in [0.4, 0.5) is 0 Å². The molecule has 0 bridgehead atoms. The van der Waals surface area contributed by atoms with Gasteiger partial charge in [-0.3, -0.25) is 0 Å². The van der Waals surface area contributed by atoms with Crippen LogP contribution in [-0.2, 0) is 4.79 Å². The summed E-state index contributed by atoms with van der Waals surface area (Å²) in [5.74, 6) is -0.675. The van der Waals surface area contributed by atoms with Crippen LogP contribution < -0.4 is 0 Å². The highest BCUT2D eigenvalue weighted by molar-refractivity contribution is 6.27. The smallest absolute Gasteiger partial charge is 0.332 e. The average Bonchev–Trinajstić information content (AvgIpc) is 2.07. The second-order valence-electron chi connectivity index (χ2n) is 3.20. The monoisotopic (exact) mass is 188 g/mol. The Bertz CT molecular complexity index is 193. The molecule has 0 atom stereocenters. The van der Waals surface area contributed by atoms with Crippen molar-refractivity contribution in [3.8, 4) is 0 Å². The molecular weight excluding hydrogens is 176 g/mol. The standard InChI is InChI=1S/C9H13ClO2/c10-6-8(9(11)12)7-4-2-1-3-5-7/h6-7H,1-5H2,(H,11,12)/b8-6-. The zero-order valence-electron chi connectivity index (χ0n) is 6.92. The molecule has 12 heavy (non-hydrogen) atoms. The van der Waals surface area contributed by atoms with E-state index in [-0.39, 0.29) is 5.92 Å². The van der Waals surface area contributed by atoms with Crippen LogP contribution in [0.5, 0.6) is 0 Å². The Kier molecular flexibility index (Phi) is 3.60. The van der Waals surface area contributed by atoms with Gasteiger partial charge in [0.1, 0.15) is 0 Å². The summed E-state index contributed by atoms with van der Waals surface area (Å²) < 4.78 is 0. The van der Waals surface area contributed by atoms with E-state index in [1.165, 1.54) is 12.0 Å². The third-order valence-electron chi connectivity index (χ3n) is 2.41. The molecule has 1 aliphatic rings. The Morgan fingerprint density at radius 2 is 1.92 bits per heavy atom. The number of hydrogen-bond acceptors (Lipinski definition) is 1. The van der Waals surface area contributed by atoms with Crippen molar-refractivity contribution in [1.82, 2.24) is 0 Å². The van der Waals surface area contributed by atoms with Gasteiger partial charge in [0.2, 0.25) is 0 Å². The van der Waals surface area contributed by atoms with Crippen LogP contribution in [0.15, 0.2) is 11.1 Å². The number of carbonyl (C=O) groups is 1. The molecule has 0 aromatic carbocycles. The molecule has 0 saturated heterocycles. The highest BCUT2D eigenvalue weighted by atomic mass is 35.5. The van der Waals surface area contributed by atoms with Crippen molar-refractivity contribution in [1.29, 1.82) is 0 Å². The molecule has 0 radical (unpaired) electrons. The Labute approximate surface area is 77.2 Å². The predicted octanol–water partition coefficient (Wildman–Crippen LogP) is 2.77. The summed E-state index contributed by atoms with van der Waals surface area (Å²) in [4.78, 5) is 10.7. The summed E-state index contributed by atoms with van der Waals surface area (Å²) in [6, 6.07) is 0. The first-order valence-electron chi connectivity index (χ1n) is 4.29. The Hall–Kier alpha value is -0.500. The van der Waals surface area contributed by atoms with Crippen LogP contribution in [0.25, 0.3) is 0 Å². The zero-order chi connectivity index (χ0) is 8.97. The number of hydrogen-bond donors (Lipinski definition) is 1. The molecule has 0 aliphatic heterocycles. The van der Waals surface area contributed by atoms with E-state index < -0.39 is 5.97 Å². The molecule has 1 fully saturated rings. The topological polar surface area (TPSA) is 37.3 Å². The van der Waals surface area contributed by atoms with Gasteiger partial charge in [0.15, 0.2) is 0 Å². The second-order valence-corrected chi connectivity index (χ2v) is 3.42. The number of carboxylic acid groups (broad SMARTS) is 1. The highest BCUT2D eigenvalue weighted by Crippen LogP contribution is 2.29. The maximum Gasteiger partial charge on any atom is 0.332 e. The summed E-state index contributed by atoms with van der Waals surface area (Å²) in [5.41, 5.74) is 1.61. The van der Waals surface area contributed by atoms with E-state index in [4.69, 9.17) is 16.7 Å². The molecule has 1 saturated carbocycles. The maximum atomic E-state index is 10.7. The van der Waals surface area contributed by atoms with Crippen LogP contribution >= 0.6 is 11.6 Å². The van der Waals surface area contributed by atoms with E-state index in [1.54, 1.807) is 0 Å². The minimum absolute atomic E-state index is 0.189. The lowest BCUT2D eigenvalue weighted by Crippen LogP contribution is -2.15. The van der Waals surface area contributed by atoms with E-state index in [0.717, 1.165) is 25.7 Å². The summed E-state index contributed by atoms with van der Waals surface area (Å²) in [6.45, 7) is 0. The summed E-state index contributed by atoms with van der Waals surface area (Å²) in [7, 11) is 0. The SMILES string of the molecule is O=C(O)/C(=C\Cl)C1CCCCC1. The molecule has 2 nitrogen and oxygen atoms in total. The van der Waals surface area contributed by atoms with Gasteiger partial charge in [-0.05, 0) is 18.8 Å². The Morgan fingerprint density at radius 1 is 1.33 bits per heavy atom. The van der Waals surface area contributed by atoms with Crippen LogP contribution in [0.1, 0.15) is 32.1 Å². The summed E-state index contributed by atoms with van der Waals surface area (Å²) >= 11 is 5.45. The van der Waals surface area contributed by atoms with E-state index in [1.807, 2.05) is 0 Å². The van der Waals surface area contributed by atoms with Gasteiger partial charge < -0.3 is 5.11 Å². The number of aliphatic carboxylic acids is 1. The fourth-order valence-electron chi connectivity index (χ4n) is 1.72. The van der Waals surface area contributed by atoms with Crippen molar-refractivity contribution >= 4 is 17.6 Å². The van der Waals surface area contributed by atoms with Crippen molar-refractivity contribution in [2.24, 2.45) is 5.92 Å². The molecule has 0 heterocycles. The lowest BCUT2D eigenvalue weighted by atomic mass is 9.84.